The molecular formula is C21H26N2O4. The van der Waals surface area contributed by atoms with Gasteiger partial charge in [-0.1, -0.05) is 63.2 Å². The van der Waals surface area contributed by atoms with Crippen LogP contribution in [0.1, 0.15) is 26.3 Å². The van der Waals surface area contributed by atoms with E-state index in [9.17, 15) is 19.5 Å². The van der Waals surface area contributed by atoms with Crippen LogP contribution in [0.4, 0.5) is 0 Å². The Bertz CT molecular complexity index is 834. The molecular weight excluding hydrogens is 344 g/mol. The standard InChI is InChI=1S/C21H26N2O4/c1-21(2,3)20(27)23-13-18(24)22-12-16(19(25)26)11-15-9-6-8-14-7-4-5-10-17(14)15/h4-10,16H,11-13H2,1-3H3,(H,22,24)(H,23,27)(H,25,26). The first-order valence-corrected chi connectivity index (χ1v) is 8.93. The van der Waals surface area contributed by atoms with E-state index in [1.807, 2.05) is 42.5 Å². The summed E-state index contributed by atoms with van der Waals surface area (Å²) in [5.41, 5.74) is 0.342. The highest BCUT2D eigenvalue weighted by molar-refractivity contribution is 5.88. The van der Waals surface area contributed by atoms with Gasteiger partial charge in [-0.3, -0.25) is 14.4 Å². The summed E-state index contributed by atoms with van der Waals surface area (Å²) in [4.78, 5) is 35.4. The molecule has 6 heteroatoms. The number of carboxylic acids is 1. The number of nitrogens with one attached hydrogen (secondary N) is 2. The molecule has 0 saturated carbocycles. The Kier molecular flexibility index (Phi) is 6.55. The number of carbonyl (C=O) groups is 3. The van der Waals surface area contributed by atoms with Crippen molar-refractivity contribution in [3.63, 3.8) is 0 Å². The predicted molar refractivity (Wildman–Crippen MR) is 104 cm³/mol. The molecule has 0 bridgehead atoms. The summed E-state index contributed by atoms with van der Waals surface area (Å²) >= 11 is 0. The molecule has 6 nitrogen and oxygen atoms in total. The number of hydrogen-bond donors (Lipinski definition) is 3. The molecule has 2 rings (SSSR count). The molecule has 0 radical (unpaired) electrons. The van der Waals surface area contributed by atoms with Gasteiger partial charge in [-0.05, 0) is 22.8 Å². The molecule has 0 fully saturated rings. The minimum Gasteiger partial charge on any atom is -0.481 e. The molecule has 1 unspecified atom stereocenters. The zero-order valence-corrected chi connectivity index (χ0v) is 15.9. The molecule has 2 aromatic carbocycles. The second-order valence-electron chi connectivity index (χ2n) is 7.61. The molecule has 144 valence electrons. The van der Waals surface area contributed by atoms with Crippen LogP contribution in [0.15, 0.2) is 42.5 Å². The van der Waals surface area contributed by atoms with Crippen LogP contribution in [-0.2, 0) is 20.8 Å². The molecule has 0 aliphatic carbocycles. The summed E-state index contributed by atoms with van der Waals surface area (Å²) in [6.07, 6.45) is 0.311. The largest absolute Gasteiger partial charge is 0.481 e. The third-order valence-corrected chi connectivity index (χ3v) is 4.33. The maximum absolute atomic E-state index is 11.9. The number of fused-ring (bicyclic) bond motifs is 1. The molecule has 0 spiro atoms. The van der Waals surface area contributed by atoms with E-state index in [4.69, 9.17) is 0 Å². The van der Waals surface area contributed by atoms with Crippen molar-refractivity contribution in [3.8, 4) is 0 Å². The lowest BCUT2D eigenvalue weighted by molar-refractivity contribution is -0.141. The van der Waals surface area contributed by atoms with Crippen molar-refractivity contribution in [1.82, 2.24) is 10.6 Å². The molecule has 0 aliphatic heterocycles. The summed E-state index contributed by atoms with van der Waals surface area (Å²) < 4.78 is 0. The third kappa shape index (κ3) is 5.81. The van der Waals surface area contributed by atoms with Crippen molar-refractivity contribution in [2.45, 2.75) is 27.2 Å². The van der Waals surface area contributed by atoms with Gasteiger partial charge >= 0.3 is 5.97 Å². The number of benzene rings is 2. The average molecular weight is 370 g/mol. The Morgan fingerprint density at radius 1 is 1.00 bits per heavy atom. The van der Waals surface area contributed by atoms with Crippen molar-refractivity contribution < 1.29 is 19.5 Å². The quantitative estimate of drug-likeness (QED) is 0.697. The zero-order valence-electron chi connectivity index (χ0n) is 15.9. The van der Waals surface area contributed by atoms with Crippen LogP contribution < -0.4 is 10.6 Å². The van der Waals surface area contributed by atoms with Crippen molar-refractivity contribution in [3.05, 3.63) is 48.0 Å². The average Bonchev–Trinajstić information content (AvgIpc) is 2.62. The number of carbonyl (C=O) groups excluding carboxylic acids is 2. The fourth-order valence-electron chi connectivity index (χ4n) is 2.71. The van der Waals surface area contributed by atoms with E-state index in [0.717, 1.165) is 16.3 Å². The number of hydrogen-bond acceptors (Lipinski definition) is 3. The van der Waals surface area contributed by atoms with Gasteiger partial charge in [0.25, 0.3) is 0 Å². The van der Waals surface area contributed by atoms with Gasteiger partial charge in [0, 0.05) is 12.0 Å². The van der Waals surface area contributed by atoms with E-state index in [-0.39, 0.29) is 19.0 Å². The fraction of sp³-hybridized carbons (Fsp3) is 0.381. The summed E-state index contributed by atoms with van der Waals surface area (Å²) in [5, 5.41) is 16.7. The molecule has 0 saturated heterocycles. The minimum absolute atomic E-state index is 0.00275. The van der Waals surface area contributed by atoms with Crippen LogP contribution in [-0.4, -0.2) is 36.0 Å². The Labute approximate surface area is 159 Å². The van der Waals surface area contributed by atoms with Crippen LogP contribution in [0.2, 0.25) is 0 Å². The van der Waals surface area contributed by atoms with Gasteiger partial charge in [0.1, 0.15) is 0 Å². The summed E-state index contributed by atoms with van der Waals surface area (Å²) in [7, 11) is 0. The first-order valence-electron chi connectivity index (χ1n) is 8.93. The van der Waals surface area contributed by atoms with Crippen LogP contribution in [0, 0.1) is 11.3 Å². The molecule has 1 atom stereocenters. The van der Waals surface area contributed by atoms with Crippen molar-refractivity contribution >= 4 is 28.6 Å². The Morgan fingerprint density at radius 3 is 2.33 bits per heavy atom. The number of rotatable bonds is 7. The SMILES string of the molecule is CC(C)(C)C(=O)NCC(=O)NCC(Cc1cccc2ccccc12)C(=O)O. The maximum Gasteiger partial charge on any atom is 0.308 e. The highest BCUT2D eigenvalue weighted by Crippen LogP contribution is 2.21. The monoisotopic (exact) mass is 370 g/mol. The first kappa shape index (κ1) is 20.4. The van der Waals surface area contributed by atoms with Crippen LogP contribution in [0.3, 0.4) is 0 Å². The van der Waals surface area contributed by atoms with E-state index >= 15 is 0 Å². The van der Waals surface area contributed by atoms with Gasteiger partial charge in [-0.15, -0.1) is 0 Å². The van der Waals surface area contributed by atoms with Crippen LogP contribution in [0.5, 0.6) is 0 Å². The lowest BCUT2D eigenvalue weighted by Crippen LogP contribution is -2.43. The van der Waals surface area contributed by atoms with Crippen LogP contribution in [0.25, 0.3) is 10.8 Å². The summed E-state index contributed by atoms with van der Waals surface area (Å²) in [6.45, 7) is 5.10. The molecule has 0 aliphatic rings. The van der Waals surface area contributed by atoms with Gasteiger partial charge in [0.15, 0.2) is 0 Å². The first-order chi connectivity index (χ1) is 12.7. The van der Waals surface area contributed by atoms with Crippen LogP contribution >= 0.6 is 0 Å². The van der Waals surface area contributed by atoms with Gasteiger partial charge in [0.2, 0.25) is 11.8 Å². The van der Waals surface area contributed by atoms with E-state index in [1.165, 1.54) is 0 Å². The minimum atomic E-state index is -0.970. The second kappa shape index (κ2) is 8.66. The highest BCUT2D eigenvalue weighted by Gasteiger charge is 2.23. The molecule has 0 aromatic heterocycles. The lowest BCUT2D eigenvalue weighted by Gasteiger charge is -2.18. The van der Waals surface area contributed by atoms with Crippen molar-refractivity contribution in [2.24, 2.45) is 11.3 Å². The number of aliphatic carboxylic acids is 1. The normalized spacial score (nSPS) is 12.4. The summed E-state index contributed by atoms with van der Waals surface area (Å²) in [5.74, 6) is -2.36. The topological polar surface area (TPSA) is 95.5 Å². The fourth-order valence-corrected chi connectivity index (χ4v) is 2.71. The lowest BCUT2D eigenvalue weighted by atomic mass is 9.94. The molecule has 3 N–H and O–H groups in total. The van der Waals surface area contributed by atoms with E-state index in [0.29, 0.717) is 6.42 Å². The molecule has 0 heterocycles. The zero-order chi connectivity index (χ0) is 20.0. The van der Waals surface area contributed by atoms with E-state index in [2.05, 4.69) is 10.6 Å². The van der Waals surface area contributed by atoms with Gasteiger partial charge in [0.05, 0.1) is 12.5 Å². The molecule has 2 amide bonds. The van der Waals surface area contributed by atoms with Gasteiger partial charge in [-0.2, -0.15) is 0 Å². The highest BCUT2D eigenvalue weighted by atomic mass is 16.4. The second-order valence-corrected chi connectivity index (χ2v) is 7.61. The van der Waals surface area contributed by atoms with Gasteiger partial charge < -0.3 is 15.7 Å². The predicted octanol–water partition coefficient (Wildman–Crippen LogP) is 2.36. The Morgan fingerprint density at radius 2 is 1.67 bits per heavy atom. The van der Waals surface area contributed by atoms with Crippen molar-refractivity contribution in [1.29, 1.82) is 0 Å². The Hall–Kier alpha value is -2.89. The third-order valence-electron chi connectivity index (χ3n) is 4.33. The van der Waals surface area contributed by atoms with Crippen molar-refractivity contribution in [2.75, 3.05) is 13.1 Å². The smallest absolute Gasteiger partial charge is 0.308 e. The van der Waals surface area contributed by atoms with Gasteiger partial charge in [-0.25, -0.2) is 0 Å². The number of carboxylic acid groups (broad SMARTS) is 1. The molecule has 27 heavy (non-hydrogen) atoms. The van der Waals surface area contributed by atoms with E-state index in [1.54, 1.807) is 20.8 Å². The maximum atomic E-state index is 11.9. The number of amides is 2. The van der Waals surface area contributed by atoms with E-state index < -0.39 is 23.2 Å². The molecule has 2 aromatic rings. The Balaban J connectivity index is 1.97. The summed E-state index contributed by atoms with van der Waals surface area (Å²) in [6, 6.07) is 13.6.